The van der Waals surface area contributed by atoms with E-state index in [9.17, 15) is 23.9 Å². The monoisotopic (exact) mass is 403 g/mol. The molecule has 0 aromatic heterocycles. The number of carbonyl (C=O) groups excluding carboxylic acids is 2. The molecule has 0 spiro atoms. The maximum atomic E-state index is 14.4. The van der Waals surface area contributed by atoms with Crippen LogP contribution in [0.15, 0.2) is 12.1 Å². The minimum Gasteiger partial charge on any atom is -0.479 e. The first-order valence-electron chi connectivity index (χ1n) is 8.05. The molecule has 1 amide bonds. The Balaban J connectivity index is 3.19. The van der Waals surface area contributed by atoms with Crippen LogP contribution in [0.3, 0.4) is 0 Å². The Kier molecular flexibility index (Phi) is 6.83. The Morgan fingerprint density at radius 3 is 2.04 bits per heavy atom. The molecule has 1 aromatic carbocycles. The molecule has 27 heavy (non-hydrogen) atoms. The average Bonchev–Trinajstić information content (AvgIpc) is 2.43. The average molecular weight is 404 g/mol. The van der Waals surface area contributed by atoms with Crippen LogP contribution in [-0.4, -0.2) is 34.3 Å². The number of nitrogens with one attached hydrogen (secondary N) is 1. The molecule has 0 saturated carbocycles. The van der Waals surface area contributed by atoms with Crippen molar-refractivity contribution in [3.8, 4) is 0 Å². The van der Waals surface area contributed by atoms with E-state index in [0.717, 1.165) is 12.1 Å². The molecule has 0 bridgehead atoms. The number of carboxylic acids is 1. The largest absolute Gasteiger partial charge is 0.479 e. The second kappa shape index (κ2) is 8.12. The highest BCUT2D eigenvalue weighted by Crippen LogP contribution is 2.28. The van der Waals surface area contributed by atoms with Crippen LogP contribution in [0.1, 0.15) is 63.5 Å². The van der Waals surface area contributed by atoms with Gasteiger partial charge in [-0.2, -0.15) is 0 Å². The first-order chi connectivity index (χ1) is 12.1. The van der Waals surface area contributed by atoms with Crippen molar-refractivity contribution in [2.75, 3.05) is 0 Å². The Bertz CT molecular complexity index is 751. The number of benzene rings is 1. The molecule has 0 radical (unpaired) electrons. The molecule has 1 rings (SSSR count). The summed E-state index contributed by atoms with van der Waals surface area (Å²) < 4.78 is 24.5. The van der Waals surface area contributed by atoms with Gasteiger partial charge in [-0.05, 0) is 53.7 Å². The first-order valence-corrected chi connectivity index (χ1v) is 8.43. The third kappa shape index (κ3) is 7.05. The molecule has 1 unspecified atom stereocenters. The third-order valence-electron chi connectivity index (χ3n) is 2.92. The number of rotatable bonds is 4. The van der Waals surface area contributed by atoms with Crippen molar-refractivity contribution in [3.63, 3.8) is 0 Å². The molecule has 0 fully saturated rings. The summed E-state index contributed by atoms with van der Waals surface area (Å²) in [4.78, 5) is 35.5. The predicted molar refractivity (Wildman–Crippen MR) is 96.3 cm³/mol. The molecule has 150 valence electrons. The van der Waals surface area contributed by atoms with Crippen molar-refractivity contribution < 1.29 is 33.4 Å². The van der Waals surface area contributed by atoms with Crippen LogP contribution >= 0.6 is 11.6 Å². The third-order valence-corrected chi connectivity index (χ3v) is 3.25. The number of hydrogen-bond acceptors (Lipinski definition) is 5. The Hall–Kier alpha value is -2.35. The Labute approximate surface area is 161 Å². The fraction of sp³-hybridized carbons (Fsp3) is 0.500. The Morgan fingerprint density at radius 2 is 1.59 bits per heavy atom. The number of halogens is 2. The summed E-state index contributed by atoms with van der Waals surface area (Å²) >= 11 is 6.04. The summed E-state index contributed by atoms with van der Waals surface area (Å²) in [5, 5.41) is 11.3. The zero-order valence-electron chi connectivity index (χ0n) is 16.0. The summed E-state index contributed by atoms with van der Waals surface area (Å²) in [6, 6.07) is 0.0691. The Morgan fingerprint density at radius 1 is 1.07 bits per heavy atom. The van der Waals surface area contributed by atoms with E-state index in [1.54, 1.807) is 41.5 Å². The number of hydrogen-bond donors (Lipinski definition) is 2. The lowest BCUT2D eigenvalue weighted by Crippen LogP contribution is -2.38. The van der Waals surface area contributed by atoms with Gasteiger partial charge in [0, 0.05) is 10.6 Å². The molecule has 0 aliphatic rings. The van der Waals surface area contributed by atoms with Gasteiger partial charge in [0.05, 0.1) is 5.56 Å². The number of ether oxygens (including phenoxy) is 2. The van der Waals surface area contributed by atoms with Gasteiger partial charge in [0.1, 0.15) is 17.0 Å². The van der Waals surface area contributed by atoms with Gasteiger partial charge in [0.2, 0.25) is 0 Å². The van der Waals surface area contributed by atoms with Crippen LogP contribution in [0.25, 0.3) is 0 Å². The molecular weight excluding hydrogens is 381 g/mol. The summed E-state index contributed by atoms with van der Waals surface area (Å²) in [6.07, 6.45) is -1.01. The van der Waals surface area contributed by atoms with E-state index in [4.69, 9.17) is 21.1 Å². The van der Waals surface area contributed by atoms with E-state index in [0.29, 0.717) is 0 Å². The van der Waals surface area contributed by atoms with Crippen molar-refractivity contribution in [2.24, 2.45) is 0 Å². The molecule has 2 N–H and O–H groups in total. The van der Waals surface area contributed by atoms with Gasteiger partial charge in [-0.1, -0.05) is 11.6 Å². The predicted octanol–water partition coefficient (Wildman–Crippen LogP) is 4.08. The van der Waals surface area contributed by atoms with Crippen molar-refractivity contribution in [2.45, 2.75) is 58.8 Å². The topological polar surface area (TPSA) is 102 Å². The standard InChI is InChI=1S/C18H23ClFNO6/c1-17(2,3)26-15(24)10-7-11(19)9(8-12(10)20)13(14(22)23)21-16(25)27-18(4,5)6/h7-8,13H,1-6H3,(H,21,25)(H,22,23). The maximum Gasteiger partial charge on any atom is 0.408 e. The molecule has 0 aliphatic carbocycles. The summed E-state index contributed by atoms with van der Waals surface area (Å²) in [6.45, 7) is 9.65. The SMILES string of the molecule is CC(C)(C)OC(=O)NC(C(=O)O)c1cc(F)c(C(=O)OC(C)(C)C)cc1Cl. The highest BCUT2D eigenvalue weighted by Gasteiger charge is 2.30. The number of carboxylic acid groups (broad SMARTS) is 1. The van der Waals surface area contributed by atoms with Crippen molar-refractivity contribution >= 4 is 29.6 Å². The minimum absolute atomic E-state index is 0.222. The van der Waals surface area contributed by atoms with Gasteiger partial charge in [0.15, 0.2) is 6.04 Å². The number of esters is 1. The lowest BCUT2D eigenvalue weighted by Gasteiger charge is -2.23. The molecule has 1 atom stereocenters. The van der Waals surface area contributed by atoms with Crippen LogP contribution in [-0.2, 0) is 14.3 Å². The smallest absolute Gasteiger partial charge is 0.408 e. The second-order valence-electron chi connectivity index (χ2n) is 7.77. The molecule has 9 heteroatoms. The number of carbonyl (C=O) groups is 3. The molecular formula is C18H23ClFNO6. The van der Waals surface area contributed by atoms with Gasteiger partial charge in [-0.25, -0.2) is 18.8 Å². The fourth-order valence-electron chi connectivity index (χ4n) is 1.97. The van der Waals surface area contributed by atoms with Crippen molar-refractivity contribution in [1.82, 2.24) is 5.32 Å². The lowest BCUT2D eigenvalue weighted by molar-refractivity contribution is -0.139. The van der Waals surface area contributed by atoms with E-state index in [-0.39, 0.29) is 10.6 Å². The zero-order valence-corrected chi connectivity index (χ0v) is 16.7. The normalized spacial score (nSPS) is 12.9. The van der Waals surface area contributed by atoms with Gasteiger partial charge in [-0.15, -0.1) is 0 Å². The van der Waals surface area contributed by atoms with Gasteiger partial charge >= 0.3 is 18.0 Å². The first kappa shape index (κ1) is 22.7. The van der Waals surface area contributed by atoms with Crippen molar-refractivity contribution in [1.29, 1.82) is 0 Å². The van der Waals surface area contributed by atoms with Crippen LogP contribution in [0.4, 0.5) is 9.18 Å². The van der Waals surface area contributed by atoms with E-state index in [1.165, 1.54) is 0 Å². The van der Waals surface area contributed by atoms with Crippen LogP contribution in [0, 0.1) is 5.82 Å². The van der Waals surface area contributed by atoms with Crippen molar-refractivity contribution in [3.05, 3.63) is 34.1 Å². The van der Waals surface area contributed by atoms with E-state index in [1.807, 2.05) is 0 Å². The molecule has 0 heterocycles. The maximum absolute atomic E-state index is 14.4. The quantitative estimate of drug-likeness (QED) is 0.734. The second-order valence-corrected chi connectivity index (χ2v) is 8.18. The lowest BCUT2D eigenvalue weighted by atomic mass is 10.0. The van der Waals surface area contributed by atoms with Crippen LogP contribution in [0.2, 0.25) is 5.02 Å². The summed E-state index contributed by atoms with van der Waals surface area (Å²) in [5.74, 6) is -3.45. The van der Waals surface area contributed by atoms with Crippen LogP contribution < -0.4 is 5.32 Å². The van der Waals surface area contributed by atoms with Crippen LogP contribution in [0.5, 0.6) is 0 Å². The molecule has 7 nitrogen and oxygen atoms in total. The van der Waals surface area contributed by atoms with E-state index < -0.39 is 46.7 Å². The highest BCUT2D eigenvalue weighted by atomic mass is 35.5. The van der Waals surface area contributed by atoms with Gasteiger partial charge in [-0.3, -0.25) is 0 Å². The van der Waals surface area contributed by atoms with Gasteiger partial charge in [0.25, 0.3) is 0 Å². The summed E-state index contributed by atoms with van der Waals surface area (Å²) in [5.41, 5.74) is -2.39. The fourth-order valence-corrected chi connectivity index (χ4v) is 2.24. The number of amides is 1. The van der Waals surface area contributed by atoms with E-state index in [2.05, 4.69) is 5.32 Å². The van der Waals surface area contributed by atoms with E-state index >= 15 is 0 Å². The molecule has 0 aliphatic heterocycles. The number of alkyl carbamates (subject to hydrolysis) is 1. The molecule has 1 aromatic rings. The number of aliphatic carboxylic acids is 1. The van der Waals surface area contributed by atoms with Gasteiger partial charge < -0.3 is 19.9 Å². The zero-order chi connectivity index (χ0) is 21.2. The molecule has 0 saturated heterocycles. The highest BCUT2D eigenvalue weighted by molar-refractivity contribution is 6.32. The summed E-state index contributed by atoms with van der Waals surface area (Å²) in [7, 11) is 0. The minimum atomic E-state index is -1.67.